The van der Waals surface area contributed by atoms with E-state index in [-0.39, 0.29) is 11.8 Å². The number of anilines is 1. The van der Waals surface area contributed by atoms with Crippen LogP contribution in [0.4, 0.5) is 10.3 Å². The number of nitrogens with zero attached hydrogens (tertiary/aromatic N) is 2. The second kappa shape index (κ2) is 4.65. The number of hydrogen-bond donors (Lipinski definition) is 1. The third-order valence-electron chi connectivity index (χ3n) is 3.07. The Bertz CT molecular complexity index is 827. The predicted octanol–water partition coefficient (Wildman–Crippen LogP) is 4.36. The lowest BCUT2D eigenvalue weighted by Gasteiger charge is -2.09. The highest BCUT2D eigenvalue weighted by Gasteiger charge is 2.15. The van der Waals surface area contributed by atoms with Crippen LogP contribution >= 0.6 is 23.2 Å². The first-order valence-electron chi connectivity index (χ1n) is 5.87. The molecule has 0 aliphatic heterocycles. The molecule has 3 rings (SSSR count). The maximum atomic E-state index is 14.1. The molecule has 20 heavy (non-hydrogen) atoms. The Labute approximate surface area is 124 Å². The Balaban J connectivity index is 2.35. The summed E-state index contributed by atoms with van der Waals surface area (Å²) >= 11 is 12.0. The number of nitrogens with two attached hydrogens (primary N) is 1. The summed E-state index contributed by atoms with van der Waals surface area (Å²) in [6.45, 7) is 1.82. The molecule has 0 unspecified atom stereocenters. The zero-order valence-electron chi connectivity index (χ0n) is 10.5. The van der Waals surface area contributed by atoms with Crippen molar-refractivity contribution in [2.75, 3.05) is 5.73 Å². The maximum Gasteiger partial charge on any atom is 0.206 e. The van der Waals surface area contributed by atoms with E-state index >= 15 is 0 Å². The van der Waals surface area contributed by atoms with Gasteiger partial charge in [-0.3, -0.25) is 4.57 Å². The van der Waals surface area contributed by atoms with Crippen LogP contribution in [0.1, 0.15) is 5.56 Å². The van der Waals surface area contributed by atoms with Crippen LogP contribution in [-0.2, 0) is 0 Å². The van der Waals surface area contributed by atoms with Crippen molar-refractivity contribution in [2.24, 2.45) is 0 Å². The van der Waals surface area contributed by atoms with Gasteiger partial charge in [0.1, 0.15) is 5.82 Å². The van der Waals surface area contributed by atoms with Crippen molar-refractivity contribution in [3.05, 3.63) is 51.8 Å². The first-order chi connectivity index (χ1) is 9.47. The Morgan fingerprint density at radius 3 is 2.55 bits per heavy atom. The second-order valence-corrected chi connectivity index (χ2v) is 5.33. The first-order valence-corrected chi connectivity index (χ1v) is 6.62. The van der Waals surface area contributed by atoms with E-state index in [1.165, 1.54) is 10.6 Å². The molecule has 0 aliphatic carbocycles. The molecule has 102 valence electrons. The highest BCUT2D eigenvalue weighted by atomic mass is 35.5. The summed E-state index contributed by atoms with van der Waals surface area (Å²) in [4.78, 5) is 4.19. The van der Waals surface area contributed by atoms with Gasteiger partial charge >= 0.3 is 0 Å². The molecule has 3 aromatic rings. The molecule has 0 fully saturated rings. The zero-order valence-corrected chi connectivity index (χ0v) is 12.0. The Morgan fingerprint density at radius 1 is 1.15 bits per heavy atom. The number of aryl methyl sites for hydroxylation is 1. The van der Waals surface area contributed by atoms with E-state index in [4.69, 9.17) is 28.9 Å². The van der Waals surface area contributed by atoms with E-state index in [2.05, 4.69) is 4.98 Å². The number of fused-ring (bicyclic) bond motifs is 1. The summed E-state index contributed by atoms with van der Waals surface area (Å²) in [5, 5.41) is 0.751. The van der Waals surface area contributed by atoms with Gasteiger partial charge in [-0.15, -0.1) is 0 Å². The van der Waals surface area contributed by atoms with Gasteiger partial charge in [-0.1, -0.05) is 29.3 Å². The third kappa shape index (κ3) is 2.01. The number of benzene rings is 2. The van der Waals surface area contributed by atoms with E-state index < -0.39 is 0 Å². The van der Waals surface area contributed by atoms with Crippen molar-refractivity contribution in [3.63, 3.8) is 0 Å². The molecule has 1 aromatic heterocycles. The van der Waals surface area contributed by atoms with Crippen LogP contribution in [0, 0.1) is 12.7 Å². The normalized spacial score (nSPS) is 11.2. The van der Waals surface area contributed by atoms with Gasteiger partial charge in [0.15, 0.2) is 0 Å². The molecule has 0 bridgehead atoms. The molecule has 1 heterocycles. The van der Waals surface area contributed by atoms with Gasteiger partial charge in [0, 0.05) is 0 Å². The molecule has 0 saturated carbocycles. The average Bonchev–Trinajstić information content (AvgIpc) is 2.66. The summed E-state index contributed by atoms with van der Waals surface area (Å²) in [6.07, 6.45) is 0. The van der Waals surface area contributed by atoms with E-state index in [1.54, 1.807) is 24.3 Å². The Hall–Kier alpha value is -1.78. The molecule has 0 amide bonds. The number of halogens is 3. The van der Waals surface area contributed by atoms with Crippen LogP contribution in [0.2, 0.25) is 10.0 Å². The van der Waals surface area contributed by atoms with Crippen molar-refractivity contribution in [2.45, 2.75) is 6.92 Å². The summed E-state index contributed by atoms with van der Waals surface area (Å²) in [5.74, 6) is -0.192. The molecule has 2 aromatic carbocycles. The van der Waals surface area contributed by atoms with Gasteiger partial charge in [-0.2, -0.15) is 0 Å². The lowest BCUT2D eigenvalue weighted by atomic mass is 10.2. The zero-order chi connectivity index (χ0) is 14.4. The molecule has 6 heteroatoms. The van der Waals surface area contributed by atoms with Crippen molar-refractivity contribution in [1.82, 2.24) is 9.55 Å². The molecule has 0 atom stereocenters. The summed E-state index contributed by atoms with van der Waals surface area (Å²) in [7, 11) is 0. The SMILES string of the molecule is Cc1ccc(-n2c(N)nc3cc(Cl)c(Cl)cc32)c(F)c1. The lowest BCUT2D eigenvalue weighted by Crippen LogP contribution is -2.03. The van der Waals surface area contributed by atoms with E-state index in [9.17, 15) is 4.39 Å². The van der Waals surface area contributed by atoms with Crippen LogP contribution in [-0.4, -0.2) is 9.55 Å². The van der Waals surface area contributed by atoms with Crippen molar-refractivity contribution >= 4 is 40.2 Å². The number of hydrogen-bond acceptors (Lipinski definition) is 2. The van der Waals surface area contributed by atoms with Gasteiger partial charge in [0.05, 0.1) is 26.8 Å². The fourth-order valence-electron chi connectivity index (χ4n) is 2.14. The van der Waals surface area contributed by atoms with Crippen LogP contribution in [0.3, 0.4) is 0 Å². The third-order valence-corrected chi connectivity index (χ3v) is 3.79. The minimum atomic E-state index is -0.373. The number of aromatic nitrogens is 2. The van der Waals surface area contributed by atoms with Gasteiger partial charge < -0.3 is 5.73 Å². The van der Waals surface area contributed by atoms with Gasteiger partial charge in [-0.25, -0.2) is 9.37 Å². The van der Waals surface area contributed by atoms with Crippen molar-refractivity contribution in [3.8, 4) is 5.69 Å². The van der Waals surface area contributed by atoms with Gasteiger partial charge in [0.25, 0.3) is 0 Å². The van der Waals surface area contributed by atoms with Crippen molar-refractivity contribution in [1.29, 1.82) is 0 Å². The van der Waals surface area contributed by atoms with E-state index in [0.29, 0.717) is 26.8 Å². The molecule has 0 radical (unpaired) electrons. The molecular formula is C14H10Cl2FN3. The topological polar surface area (TPSA) is 43.8 Å². The first kappa shape index (κ1) is 13.2. The van der Waals surface area contributed by atoms with Crippen LogP contribution in [0.15, 0.2) is 30.3 Å². The van der Waals surface area contributed by atoms with E-state index in [1.807, 2.05) is 6.92 Å². The largest absolute Gasteiger partial charge is 0.369 e. The van der Waals surface area contributed by atoms with Crippen LogP contribution in [0.25, 0.3) is 16.7 Å². The number of imidazole rings is 1. The maximum absolute atomic E-state index is 14.1. The lowest BCUT2D eigenvalue weighted by molar-refractivity contribution is 0.619. The van der Waals surface area contributed by atoms with Crippen molar-refractivity contribution < 1.29 is 4.39 Å². The van der Waals surface area contributed by atoms with Gasteiger partial charge in [0.2, 0.25) is 5.95 Å². The minimum Gasteiger partial charge on any atom is -0.369 e. The standard InChI is InChI=1S/C14H10Cl2FN3/c1-7-2-3-12(10(17)4-7)20-13-6-9(16)8(15)5-11(13)19-14(20)18/h2-6H,1H3,(H2,18,19). The summed E-state index contributed by atoms with van der Waals surface area (Å²) < 4.78 is 15.7. The fraction of sp³-hybridized carbons (Fsp3) is 0.0714. The van der Waals surface area contributed by atoms with Crippen LogP contribution in [0.5, 0.6) is 0 Å². The quantitative estimate of drug-likeness (QED) is 0.725. The number of rotatable bonds is 1. The van der Waals surface area contributed by atoms with Gasteiger partial charge in [-0.05, 0) is 36.8 Å². The highest BCUT2D eigenvalue weighted by molar-refractivity contribution is 6.42. The molecule has 0 spiro atoms. The Morgan fingerprint density at radius 2 is 1.85 bits per heavy atom. The average molecular weight is 310 g/mol. The molecular weight excluding hydrogens is 300 g/mol. The van der Waals surface area contributed by atoms with Crippen LogP contribution < -0.4 is 5.73 Å². The monoisotopic (exact) mass is 309 g/mol. The molecule has 2 N–H and O–H groups in total. The minimum absolute atomic E-state index is 0.182. The summed E-state index contributed by atoms with van der Waals surface area (Å²) in [6, 6.07) is 8.14. The molecule has 0 saturated heterocycles. The molecule has 0 aliphatic rings. The smallest absolute Gasteiger partial charge is 0.206 e. The Kier molecular flexibility index (Phi) is 3.07. The predicted molar refractivity (Wildman–Crippen MR) is 80.2 cm³/mol. The summed E-state index contributed by atoms with van der Waals surface area (Å²) in [5.41, 5.74) is 8.23. The van der Waals surface area contributed by atoms with E-state index in [0.717, 1.165) is 5.56 Å². The fourth-order valence-corrected chi connectivity index (χ4v) is 2.45. The second-order valence-electron chi connectivity index (χ2n) is 4.52. The molecule has 3 nitrogen and oxygen atoms in total. The number of nitrogen functional groups attached to an aromatic ring is 1. The highest BCUT2D eigenvalue weighted by Crippen LogP contribution is 2.31.